The zero-order valence-corrected chi connectivity index (χ0v) is 11.7. The molecule has 0 unspecified atom stereocenters. The normalized spacial score (nSPS) is 11.0. The van der Waals surface area contributed by atoms with Gasteiger partial charge in [-0.05, 0) is 36.4 Å². The lowest BCUT2D eigenvalue weighted by molar-refractivity contribution is -0.384. The number of hydrogen-bond donors (Lipinski definition) is 1. The Morgan fingerprint density at radius 1 is 1.18 bits per heavy atom. The fourth-order valence-electron chi connectivity index (χ4n) is 1.89. The quantitative estimate of drug-likeness (QED) is 0.291. The molecular formula is C16H14N2O4. The van der Waals surface area contributed by atoms with Gasteiger partial charge in [0.25, 0.3) is 5.69 Å². The van der Waals surface area contributed by atoms with Crippen LogP contribution >= 0.6 is 0 Å². The molecule has 0 bridgehead atoms. The van der Waals surface area contributed by atoms with Crippen molar-refractivity contribution in [3.8, 4) is 5.75 Å². The Labute approximate surface area is 127 Å². The maximum absolute atomic E-state index is 10.7. The highest BCUT2D eigenvalue weighted by molar-refractivity contribution is 6.12. The highest BCUT2D eigenvalue weighted by atomic mass is 16.6. The molecule has 2 rings (SSSR count). The van der Waals surface area contributed by atoms with Gasteiger partial charge in [0.15, 0.2) is 0 Å². The molecule has 0 radical (unpaired) electrons. The summed E-state index contributed by atoms with van der Waals surface area (Å²) in [5, 5.41) is 23.2. The van der Waals surface area contributed by atoms with Crippen molar-refractivity contribution in [2.75, 3.05) is 6.61 Å². The van der Waals surface area contributed by atoms with Crippen LogP contribution in [0.15, 0.2) is 66.3 Å². The average molecular weight is 298 g/mol. The summed E-state index contributed by atoms with van der Waals surface area (Å²) in [4.78, 5) is 10.2. The number of nitro groups is 1. The monoisotopic (exact) mass is 298 g/mol. The number of oxime groups is 1. The van der Waals surface area contributed by atoms with Crippen LogP contribution in [0.5, 0.6) is 5.75 Å². The van der Waals surface area contributed by atoms with Gasteiger partial charge in [0, 0.05) is 23.3 Å². The number of ether oxygens (including phenoxy) is 1. The standard InChI is InChI=1S/C16H14N2O4/c1-2-11-22-15-9-5-13(6-10-15)16(17-19)12-3-7-14(8-4-12)18(20)21/h2-10,19H,1,11H2/b17-16+. The minimum atomic E-state index is -0.481. The van der Waals surface area contributed by atoms with Crippen LogP contribution in [0.1, 0.15) is 11.1 Å². The van der Waals surface area contributed by atoms with Gasteiger partial charge in [-0.15, -0.1) is 0 Å². The molecule has 6 nitrogen and oxygen atoms in total. The Morgan fingerprint density at radius 2 is 1.73 bits per heavy atom. The van der Waals surface area contributed by atoms with Gasteiger partial charge in [-0.3, -0.25) is 10.1 Å². The van der Waals surface area contributed by atoms with Gasteiger partial charge in [0.05, 0.1) is 4.92 Å². The van der Waals surface area contributed by atoms with Crippen LogP contribution in [-0.2, 0) is 0 Å². The molecule has 0 fully saturated rings. The van der Waals surface area contributed by atoms with Crippen LogP contribution in [0.25, 0.3) is 0 Å². The van der Waals surface area contributed by atoms with E-state index in [-0.39, 0.29) is 5.69 Å². The molecule has 6 heteroatoms. The molecule has 0 saturated heterocycles. The summed E-state index contributed by atoms with van der Waals surface area (Å²) in [6, 6.07) is 12.8. The van der Waals surface area contributed by atoms with Crippen molar-refractivity contribution < 1.29 is 14.9 Å². The second kappa shape index (κ2) is 7.03. The van der Waals surface area contributed by atoms with E-state index in [4.69, 9.17) is 4.74 Å². The molecule has 0 aliphatic carbocycles. The zero-order chi connectivity index (χ0) is 15.9. The lowest BCUT2D eigenvalue weighted by atomic mass is 10.0. The van der Waals surface area contributed by atoms with Gasteiger partial charge < -0.3 is 9.94 Å². The molecule has 0 amide bonds. The van der Waals surface area contributed by atoms with E-state index < -0.39 is 4.92 Å². The molecule has 0 aliphatic heterocycles. The highest BCUT2D eigenvalue weighted by Gasteiger charge is 2.11. The SMILES string of the molecule is C=CCOc1ccc(/C(=N/O)c2ccc([N+](=O)[O-])cc2)cc1. The lowest BCUT2D eigenvalue weighted by Crippen LogP contribution is -2.04. The molecule has 2 aromatic rings. The zero-order valence-electron chi connectivity index (χ0n) is 11.7. The van der Waals surface area contributed by atoms with E-state index in [0.717, 1.165) is 0 Å². The molecular weight excluding hydrogens is 284 g/mol. The molecule has 0 spiro atoms. The largest absolute Gasteiger partial charge is 0.490 e. The Morgan fingerprint density at radius 3 is 2.18 bits per heavy atom. The number of non-ortho nitro benzene ring substituents is 1. The first kappa shape index (κ1) is 15.2. The molecule has 0 saturated carbocycles. The summed E-state index contributed by atoms with van der Waals surface area (Å²) in [6.07, 6.45) is 1.64. The Hall–Kier alpha value is -3.15. The van der Waals surface area contributed by atoms with Crippen molar-refractivity contribution in [1.29, 1.82) is 0 Å². The van der Waals surface area contributed by atoms with Crippen molar-refractivity contribution in [3.63, 3.8) is 0 Å². The molecule has 0 aromatic heterocycles. The summed E-state index contributed by atoms with van der Waals surface area (Å²) in [7, 11) is 0. The van der Waals surface area contributed by atoms with Crippen LogP contribution in [0.3, 0.4) is 0 Å². The number of rotatable bonds is 6. The smallest absolute Gasteiger partial charge is 0.269 e. The Bertz CT molecular complexity index is 691. The van der Waals surface area contributed by atoms with E-state index in [0.29, 0.717) is 29.2 Å². The van der Waals surface area contributed by atoms with Crippen LogP contribution in [0.4, 0.5) is 5.69 Å². The average Bonchev–Trinajstić information content (AvgIpc) is 2.55. The summed E-state index contributed by atoms with van der Waals surface area (Å²) in [5.74, 6) is 0.671. The molecule has 0 aliphatic rings. The van der Waals surface area contributed by atoms with E-state index in [9.17, 15) is 15.3 Å². The molecule has 0 atom stereocenters. The van der Waals surface area contributed by atoms with Crippen molar-refractivity contribution in [3.05, 3.63) is 82.4 Å². The van der Waals surface area contributed by atoms with Gasteiger partial charge >= 0.3 is 0 Å². The van der Waals surface area contributed by atoms with Gasteiger partial charge in [-0.2, -0.15) is 0 Å². The molecule has 0 heterocycles. The minimum Gasteiger partial charge on any atom is -0.490 e. The van der Waals surface area contributed by atoms with Crippen LogP contribution < -0.4 is 4.74 Å². The number of nitrogens with zero attached hydrogens (tertiary/aromatic N) is 2. The fourth-order valence-corrected chi connectivity index (χ4v) is 1.89. The first-order chi connectivity index (χ1) is 10.7. The summed E-state index contributed by atoms with van der Waals surface area (Å²) < 4.78 is 5.38. The third-order valence-electron chi connectivity index (χ3n) is 2.95. The van der Waals surface area contributed by atoms with E-state index >= 15 is 0 Å². The van der Waals surface area contributed by atoms with E-state index in [1.807, 2.05) is 0 Å². The number of benzene rings is 2. The molecule has 2 aromatic carbocycles. The fraction of sp³-hybridized carbons (Fsp3) is 0.0625. The number of hydrogen-bond acceptors (Lipinski definition) is 5. The molecule has 112 valence electrons. The van der Waals surface area contributed by atoms with Crippen molar-refractivity contribution in [1.82, 2.24) is 0 Å². The first-order valence-electron chi connectivity index (χ1n) is 6.46. The second-order valence-electron chi connectivity index (χ2n) is 4.38. The van der Waals surface area contributed by atoms with Gasteiger partial charge in [0.2, 0.25) is 0 Å². The highest BCUT2D eigenvalue weighted by Crippen LogP contribution is 2.18. The van der Waals surface area contributed by atoms with Crippen molar-refractivity contribution in [2.45, 2.75) is 0 Å². The van der Waals surface area contributed by atoms with Gasteiger partial charge in [0.1, 0.15) is 18.1 Å². The summed E-state index contributed by atoms with van der Waals surface area (Å²) in [5.41, 5.74) is 1.55. The predicted octanol–water partition coefficient (Wildman–Crippen LogP) is 3.39. The van der Waals surface area contributed by atoms with Crippen molar-refractivity contribution >= 4 is 11.4 Å². The van der Waals surface area contributed by atoms with E-state index in [1.165, 1.54) is 24.3 Å². The second-order valence-corrected chi connectivity index (χ2v) is 4.38. The Balaban J connectivity index is 2.24. The van der Waals surface area contributed by atoms with E-state index in [2.05, 4.69) is 11.7 Å². The summed E-state index contributed by atoms with van der Waals surface area (Å²) >= 11 is 0. The maximum atomic E-state index is 10.7. The third-order valence-corrected chi connectivity index (χ3v) is 2.95. The predicted molar refractivity (Wildman–Crippen MR) is 82.7 cm³/mol. The van der Waals surface area contributed by atoms with E-state index in [1.54, 1.807) is 30.3 Å². The van der Waals surface area contributed by atoms with Gasteiger partial charge in [-0.1, -0.05) is 17.8 Å². The number of nitro benzene ring substituents is 1. The van der Waals surface area contributed by atoms with Crippen LogP contribution in [0, 0.1) is 10.1 Å². The van der Waals surface area contributed by atoms with Crippen molar-refractivity contribution in [2.24, 2.45) is 5.16 Å². The maximum Gasteiger partial charge on any atom is 0.269 e. The summed E-state index contributed by atoms with van der Waals surface area (Å²) in [6.45, 7) is 3.97. The Kier molecular flexibility index (Phi) is 4.87. The lowest BCUT2D eigenvalue weighted by Gasteiger charge is -2.07. The topological polar surface area (TPSA) is 85.0 Å². The first-order valence-corrected chi connectivity index (χ1v) is 6.46. The van der Waals surface area contributed by atoms with Crippen LogP contribution in [-0.4, -0.2) is 22.4 Å². The minimum absolute atomic E-state index is 0.0192. The molecule has 1 N–H and O–H groups in total. The third kappa shape index (κ3) is 3.49. The molecule has 22 heavy (non-hydrogen) atoms. The van der Waals surface area contributed by atoms with Gasteiger partial charge in [-0.25, -0.2) is 0 Å². The van der Waals surface area contributed by atoms with Crippen LogP contribution in [0.2, 0.25) is 0 Å².